The van der Waals surface area contributed by atoms with E-state index in [0.717, 1.165) is 4.90 Å². The van der Waals surface area contributed by atoms with Gasteiger partial charge in [0.05, 0.1) is 4.90 Å². The maximum atomic E-state index is 12.8. The number of benzene rings is 1. The number of hydrogen-bond donors (Lipinski definition) is 1. The minimum absolute atomic E-state index is 0.0676. The zero-order valence-corrected chi connectivity index (χ0v) is 17.6. The smallest absolute Gasteiger partial charge is 0.324 e. The maximum absolute atomic E-state index is 12.8. The fraction of sp³-hybridized carbons (Fsp3) is 0.500. The van der Waals surface area contributed by atoms with E-state index >= 15 is 0 Å². The molecule has 0 unspecified atom stereocenters. The number of sulfonamides is 1. The quantitative estimate of drug-likeness (QED) is 0.679. The van der Waals surface area contributed by atoms with Crippen molar-refractivity contribution in [3.8, 4) is 0 Å². The lowest BCUT2D eigenvalue weighted by molar-refractivity contribution is -0.129. The SMILES string of the molecule is CCN(CC)S(=O)(=O)c1cc(C)c(C)c(NC(=O)CN2C(=O)CN(C)C2=O)c1. The molecule has 1 aromatic rings. The van der Waals surface area contributed by atoms with Gasteiger partial charge >= 0.3 is 6.03 Å². The normalized spacial score (nSPS) is 14.9. The van der Waals surface area contributed by atoms with Gasteiger partial charge in [-0.25, -0.2) is 13.2 Å². The first-order valence-corrected chi connectivity index (χ1v) is 10.4. The Morgan fingerprint density at radius 1 is 1.18 bits per heavy atom. The van der Waals surface area contributed by atoms with Crippen LogP contribution in [0.1, 0.15) is 25.0 Å². The summed E-state index contributed by atoms with van der Waals surface area (Å²) in [6, 6.07) is 2.44. The maximum Gasteiger partial charge on any atom is 0.327 e. The highest BCUT2D eigenvalue weighted by molar-refractivity contribution is 7.89. The number of nitrogens with zero attached hydrogens (tertiary/aromatic N) is 3. The Labute approximate surface area is 165 Å². The predicted octanol–water partition coefficient (Wildman–Crippen LogP) is 1.17. The molecule has 28 heavy (non-hydrogen) atoms. The second-order valence-electron chi connectivity index (χ2n) is 6.67. The van der Waals surface area contributed by atoms with E-state index < -0.39 is 34.4 Å². The Hall–Kier alpha value is -2.46. The molecule has 2 rings (SSSR count). The second-order valence-corrected chi connectivity index (χ2v) is 8.61. The molecule has 1 aliphatic rings. The van der Waals surface area contributed by atoms with Crippen LogP contribution in [0.25, 0.3) is 0 Å². The zero-order chi connectivity index (χ0) is 21.2. The van der Waals surface area contributed by atoms with Gasteiger partial charge in [0.2, 0.25) is 15.9 Å². The number of carbonyl (C=O) groups excluding carboxylic acids is 3. The summed E-state index contributed by atoms with van der Waals surface area (Å²) >= 11 is 0. The summed E-state index contributed by atoms with van der Waals surface area (Å²) in [4.78, 5) is 38.3. The molecule has 0 radical (unpaired) electrons. The molecule has 154 valence electrons. The van der Waals surface area contributed by atoms with Crippen LogP contribution < -0.4 is 5.32 Å². The van der Waals surface area contributed by atoms with Gasteiger partial charge in [-0.15, -0.1) is 0 Å². The first kappa shape index (κ1) is 21.8. The number of carbonyl (C=O) groups is 3. The molecule has 0 aliphatic carbocycles. The van der Waals surface area contributed by atoms with Crippen molar-refractivity contribution in [2.24, 2.45) is 0 Å². The third-order valence-corrected chi connectivity index (χ3v) is 6.82. The summed E-state index contributed by atoms with van der Waals surface area (Å²) in [6.07, 6.45) is 0. The van der Waals surface area contributed by atoms with Gasteiger partial charge in [-0.1, -0.05) is 13.8 Å². The average Bonchev–Trinajstić information content (AvgIpc) is 2.85. The molecule has 1 heterocycles. The molecule has 1 fully saturated rings. The summed E-state index contributed by atoms with van der Waals surface area (Å²) in [7, 11) is -2.21. The number of rotatable bonds is 7. The fourth-order valence-electron chi connectivity index (χ4n) is 2.98. The zero-order valence-electron chi connectivity index (χ0n) is 16.8. The number of aryl methyl sites for hydroxylation is 1. The van der Waals surface area contributed by atoms with E-state index in [0.29, 0.717) is 29.9 Å². The van der Waals surface area contributed by atoms with Crippen LogP contribution in [0.15, 0.2) is 17.0 Å². The van der Waals surface area contributed by atoms with Crippen molar-refractivity contribution in [2.75, 3.05) is 38.5 Å². The highest BCUT2D eigenvalue weighted by atomic mass is 32.2. The summed E-state index contributed by atoms with van der Waals surface area (Å²) in [5, 5.41) is 2.63. The van der Waals surface area contributed by atoms with Crippen LogP contribution in [0.4, 0.5) is 10.5 Å². The monoisotopic (exact) mass is 410 g/mol. The van der Waals surface area contributed by atoms with E-state index in [-0.39, 0.29) is 11.4 Å². The Balaban J connectivity index is 2.29. The van der Waals surface area contributed by atoms with Crippen molar-refractivity contribution in [1.82, 2.24) is 14.1 Å². The number of likely N-dealkylation sites (N-methyl/N-ethyl adjacent to an activating group) is 1. The van der Waals surface area contributed by atoms with Gasteiger partial charge < -0.3 is 10.2 Å². The molecule has 0 atom stereocenters. The molecule has 0 saturated carbocycles. The van der Waals surface area contributed by atoms with Crippen LogP contribution in [0, 0.1) is 13.8 Å². The first-order chi connectivity index (χ1) is 13.0. The predicted molar refractivity (Wildman–Crippen MR) is 104 cm³/mol. The summed E-state index contributed by atoms with van der Waals surface area (Å²) < 4.78 is 26.9. The fourth-order valence-corrected chi connectivity index (χ4v) is 4.55. The number of imide groups is 1. The first-order valence-electron chi connectivity index (χ1n) is 8.99. The van der Waals surface area contributed by atoms with Gasteiger partial charge in [0, 0.05) is 25.8 Å². The summed E-state index contributed by atoms with van der Waals surface area (Å²) in [6.45, 7) is 7.21. The van der Waals surface area contributed by atoms with Crippen molar-refractivity contribution < 1.29 is 22.8 Å². The van der Waals surface area contributed by atoms with Crippen LogP contribution in [-0.2, 0) is 19.6 Å². The molecular weight excluding hydrogens is 384 g/mol. The standard InChI is InChI=1S/C18H26N4O5S/c1-6-21(7-2)28(26,27)14-8-12(3)13(4)15(9-14)19-16(23)10-22-17(24)11-20(5)18(22)25/h8-9H,6-7,10-11H2,1-5H3,(H,19,23). The van der Waals surface area contributed by atoms with E-state index in [1.807, 2.05) is 0 Å². The van der Waals surface area contributed by atoms with Crippen LogP contribution >= 0.6 is 0 Å². The Bertz CT molecular complexity index is 909. The molecule has 10 heteroatoms. The molecule has 0 bridgehead atoms. The van der Waals surface area contributed by atoms with Crippen LogP contribution in [0.2, 0.25) is 0 Å². The van der Waals surface area contributed by atoms with Crippen LogP contribution in [0.3, 0.4) is 0 Å². The lowest BCUT2D eigenvalue weighted by Crippen LogP contribution is -2.38. The second kappa shape index (κ2) is 8.27. The Morgan fingerprint density at radius 2 is 1.79 bits per heavy atom. The van der Waals surface area contributed by atoms with Gasteiger partial charge in [0.15, 0.2) is 0 Å². The van der Waals surface area contributed by atoms with E-state index in [1.165, 1.54) is 22.3 Å². The van der Waals surface area contributed by atoms with Crippen LogP contribution in [-0.4, -0.2) is 73.6 Å². The number of amides is 4. The number of nitrogens with one attached hydrogen (secondary N) is 1. The van der Waals surface area contributed by atoms with Gasteiger partial charge in [-0.05, 0) is 37.1 Å². The highest BCUT2D eigenvalue weighted by Crippen LogP contribution is 2.26. The number of anilines is 1. The highest BCUT2D eigenvalue weighted by Gasteiger charge is 2.35. The van der Waals surface area contributed by atoms with E-state index in [9.17, 15) is 22.8 Å². The Morgan fingerprint density at radius 3 is 2.29 bits per heavy atom. The van der Waals surface area contributed by atoms with Crippen molar-refractivity contribution in [1.29, 1.82) is 0 Å². The van der Waals surface area contributed by atoms with E-state index in [1.54, 1.807) is 33.8 Å². The molecule has 0 aromatic heterocycles. The minimum atomic E-state index is -3.69. The van der Waals surface area contributed by atoms with Gasteiger partial charge in [0.25, 0.3) is 5.91 Å². The van der Waals surface area contributed by atoms with Gasteiger partial charge in [-0.2, -0.15) is 4.31 Å². The molecule has 4 amide bonds. The minimum Gasteiger partial charge on any atom is -0.324 e. The summed E-state index contributed by atoms with van der Waals surface area (Å²) in [5.74, 6) is -1.02. The van der Waals surface area contributed by atoms with Gasteiger partial charge in [-0.3, -0.25) is 14.5 Å². The van der Waals surface area contributed by atoms with Gasteiger partial charge in [0.1, 0.15) is 13.1 Å². The largest absolute Gasteiger partial charge is 0.327 e. The van der Waals surface area contributed by atoms with Crippen molar-refractivity contribution in [3.63, 3.8) is 0 Å². The Kier molecular flexibility index (Phi) is 6.45. The average molecular weight is 410 g/mol. The molecule has 0 spiro atoms. The van der Waals surface area contributed by atoms with Crippen molar-refractivity contribution in [3.05, 3.63) is 23.3 Å². The van der Waals surface area contributed by atoms with Crippen molar-refractivity contribution in [2.45, 2.75) is 32.6 Å². The molecule has 1 aromatic carbocycles. The topological polar surface area (TPSA) is 107 Å². The van der Waals surface area contributed by atoms with E-state index in [2.05, 4.69) is 5.32 Å². The van der Waals surface area contributed by atoms with E-state index in [4.69, 9.17) is 0 Å². The van der Waals surface area contributed by atoms with Crippen LogP contribution in [0.5, 0.6) is 0 Å². The summed E-state index contributed by atoms with van der Waals surface area (Å²) in [5.41, 5.74) is 1.75. The van der Waals surface area contributed by atoms with Crippen molar-refractivity contribution >= 4 is 33.6 Å². The molecule has 1 aliphatic heterocycles. The third-order valence-electron chi connectivity index (χ3n) is 4.79. The lowest BCUT2D eigenvalue weighted by atomic mass is 10.1. The molecule has 9 nitrogen and oxygen atoms in total. The lowest BCUT2D eigenvalue weighted by Gasteiger charge is -2.21. The molecule has 1 saturated heterocycles. The number of hydrogen-bond acceptors (Lipinski definition) is 5. The molecule has 1 N–H and O–H groups in total. The molecular formula is C18H26N4O5S. The number of urea groups is 1. The third kappa shape index (κ3) is 4.17.